The fraction of sp³-hybridized carbons (Fsp3) is 0.0769. The molecule has 0 amide bonds. The zero-order valence-electron chi connectivity index (χ0n) is 9.17. The highest BCUT2D eigenvalue weighted by atomic mass is 127. The summed E-state index contributed by atoms with van der Waals surface area (Å²) >= 11 is 2.17. The molecule has 1 aromatic rings. The molecule has 0 saturated carbocycles. The number of rotatable bonds is 1. The largest absolute Gasteiger partial charge is 0.344 e. The highest BCUT2D eigenvalue weighted by molar-refractivity contribution is 14.1. The van der Waals surface area contributed by atoms with Crippen LogP contribution in [0.5, 0.6) is 0 Å². The molecule has 0 aromatic heterocycles. The molecule has 0 N–H and O–H groups in total. The summed E-state index contributed by atoms with van der Waals surface area (Å²) in [5, 5.41) is 0. The van der Waals surface area contributed by atoms with Crippen molar-refractivity contribution in [2.45, 2.75) is 0 Å². The lowest BCUT2D eigenvalue weighted by Crippen LogP contribution is -2.18. The first-order valence-electron chi connectivity index (χ1n) is 4.96. The summed E-state index contributed by atoms with van der Waals surface area (Å²) < 4.78 is 27.3. The monoisotopic (exact) mass is 345 g/mol. The quantitative estimate of drug-likeness (QED) is 0.694. The van der Waals surface area contributed by atoms with Crippen LogP contribution in [0.4, 0.5) is 8.78 Å². The summed E-state index contributed by atoms with van der Waals surface area (Å²) in [6.45, 7) is 3.92. The van der Waals surface area contributed by atoms with E-state index < -0.39 is 11.6 Å². The van der Waals surface area contributed by atoms with Gasteiger partial charge >= 0.3 is 0 Å². The third-order valence-electron chi connectivity index (χ3n) is 2.59. The van der Waals surface area contributed by atoms with E-state index in [2.05, 4.69) is 29.2 Å². The molecule has 0 bridgehead atoms. The van der Waals surface area contributed by atoms with Crippen LogP contribution in [0.1, 0.15) is 5.56 Å². The molecule has 1 aliphatic heterocycles. The Morgan fingerprint density at radius 1 is 1.12 bits per heavy atom. The summed E-state index contributed by atoms with van der Waals surface area (Å²) in [7, 11) is 1.82. The second-order valence-electron chi connectivity index (χ2n) is 3.73. The van der Waals surface area contributed by atoms with Crippen molar-refractivity contribution >= 4 is 28.3 Å². The molecule has 0 saturated heterocycles. The molecule has 0 aliphatic carbocycles. The molecule has 4 heteroatoms. The highest BCUT2D eigenvalue weighted by Gasteiger charge is 2.16. The van der Waals surface area contributed by atoms with Crippen LogP contribution in [0.25, 0.3) is 5.70 Å². The Balaban J connectivity index is 2.50. The second-order valence-corrected chi connectivity index (χ2v) is 4.89. The van der Waals surface area contributed by atoms with Crippen LogP contribution < -0.4 is 0 Å². The summed E-state index contributed by atoms with van der Waals surface area (Å²) in [5.74, 6) is -1.16. The maximum atomic E-state index is 13.2. The van der Waals surface area contributed by atoms with E-state index in [4.69, 9.17) is 0 Å². The topological polar surface area (TPSA) is 3.24 Å². The number of hydrogen-bond acceptors (Lipinski definition) is 1. The highest BCUT2D eigenvalue weighted by Crippen LogP contribution is 2.32. The van der Waals surface area contributed by atoms with Gasteiger partial charge < -0.3 is 4.90 Å². The average molecular weight is 345 g/mol. The Morgan fingerprint density at radius 3 is 2.29 bits per heavy atom. The van der Waals surface area contributed by atoms with Crippen molar-refractivity contribution in [3.05, 3.63) is 63.4 Å². The Hall–Kier alpha value is -1.17. The van der Waals surface area contributed by atoms with Gasteiger partial charge in [0.25, 0.3) is 0 Å². The van der Waals surface area contributed by atoms with Crippen LogP contribution in [0, 0.1) is 11.6 Å². The maximum absolute atomic E-state index is 13.2. The van der Waals surface area contributed by atoms with Crippen molar-refractivity contribution in [2.75, 3.05) is 7.05 Å². The molecule has 0 spiro atoms. The summed E-state index contributed by atoms with van der Waals surface area (Å²) in [5.41, 5.74) is 2.05. The SMILES string of the molecule is C=C1C(I)=CC=C(c2cc(F)cc(F)c2)N1C. The third kappa shape index (κ3) is 2.41. The Labute approximate surface area is 112 Å². The lowest BCUT2D eigenvalue weighted by atomic mass is 10.1. The molecule has 17 heavy (non-hydrogen) atoms. The van der Waals surface area contributed by atoms with E-state index in [1.807, 2.05) is 24.1 Å². The van der Waals surface area contributed by atoms with E-state index in [9.17, 15) is 8.78 Å². The molecule has 1 heterocycles. The number of nitrogens with zero attached hydrogens (tertiary/aromatic N) is 1. The Kier molecular flexibility index (Phi) is 3.33. The predicted molar refractivity (Wildman–Crippen MR) is 73.3 cm³/mol. The Bertz CT molecular complexity index is 526. The van der Waals surface area contributed by atoms with Gasteiger partial charge in [-0.15, -0.1) is 0 Å². The van der Waals surface area contributed by atoms with Gasteiger partial charge in [-0.2, -0.15) is 0 Å². The summed E-state index contributed by atoms with van der Waals surface area (Å²) in [6, 6.07) is 3.48. The van der Waals surface area contributed by atoms with Crippen molar-refractivity contribution in [1.29, 1.82) is 0 Å². The lowest BCUT2D eigenvalue weighted by Gasteiger charge is -2.27. The second kappa shape index (κ2) is 4.60. The van der Waals surface area contributed by atoms with Crippen LogP contribution in [-0.2, 0) is 0 Å². The molecule has 0 unspecified atom stereocenters. The van der Waals surface area contributed by atoms with Crippen molar-refractivity contribution in [1.82, 2.24) is 4.90 Å². The first-order chi connectivity index (χ1) is 7.99. The number of benzene rings is 1. The molecule has 1 nitrogen and oxygen atoms in total. The Morgan fingerprint density at radius 2 is 1.71 bits per heavy atom. The van der Waals surface area contributed by atoms with Crippen LogP contribution >= 0.6 is 22.6 Å². The van der Waals surface area contributed by atoms with Crippen LogP contribution in [0.3, 0.4) is 0 Å². The number of allylic oxidation sites excluding steroid dienone is 3. The van der Waals surface area contributed by atoms with Gasteiger partial charge in [0.2, 0.25) is 0 Å². The number of likely N-dealkylation sites (N-methyl/N-ethyl adjacent to an activating group) is 1. The number of hydrogen-bond donors (Lipinski definition) is 0. The van der Waals surface area contributed by atoms with E-state index in [0.29, 0.717) is 5.56 Å². The van der Waals surface area contributed by atoms with Crippen molar-refractivity contribution in [3.63, 3.8) is 0 Å². The normalized spacial score (nSPS) is 15.8. The zero-order valence-corrected chi connectivity index (χ0v) is 11.3. The van der Waals surface area contributed by atoms with E-state index in [-0.39, 0.29) is 0 Å². The van der Waals surface area contributed by atoms with Crippen molar-refractivity contribution < 1.29 is 8.78 Å². The average Bonchev–Trinajstić information content (AvgIpc) is 2.24. The maximum Gasteiger partial charge on any atom is 0.126 e. The smallest absolute Gasteiger partial charge is 0.126 e. The molecule has 0 fully saturated rings. The molecule has 88 valence electrons. The first-order valence-corrected chi connectivity index (χ1v) is 6.04. The molecular formula is C13H10F2IN. The van der Waals surface area contributed by atoms with Gasteiger partial charge in [-0.05, 0) is 46.9 Å². The molecule has 2 rings (SSSR count). The minimum Gasteiger partial charge on any atom is -0.344 e. The van der Waals surface area contributed by atoms with E-state index in [1.54, 1.807) is 0 Å². The van der Waals surface area contributed by atoms with Crippen LogP contribution in [0.15, 0.2) is 46.2 Å². The van der Waals surface area contributed by atoms with Gasteiger partial charge in [0.15, 0.2) is 0 Å². The lowest BCUT2D eigenvalue weighted by molar-refractivity contribution is 0.576. The van der Waals surface area contributed by atoms with Gasteiger partial charge in [-0.3, -0.25) is 0 Å². The van der Waals surface area contributed by atoms with E-state index in [0.717, 1.165) is 21.0 Å². The molecule has 1 aromatic carbocycles. The van der Waals surface area contributed by atoms with Crippen molar-refractivity contribution in [2.24, 2.45) is 0 Å². The van der Waals surface area contributed by atoms with Gasteiger partial charge in [-0.25, -0.2) is 8.78 Å². The molecule has 0 radical (unpaired) electrons. The van der Waals surface area contributed by atoms with Gasteiger partial charge in [0, 0.05) is 33.7 Å². The van der Waals surface area contributed by atoms with E-state index in [1.165, 1.54) is 12.1 Å². The molecular weight excluding hydrogens is 335 g/mol. The standard InChI is InChI=1S/C13H10F2IN/c1-8-12(16)3-4-13(17(8)2)9-5-10(14)7-11(15)6-9/h3-7H,1H2,2H3. The van der Waals surface area contributed by atoms with Crippen LogP contribution in [-0.4, -0.2) is 11.9 Å². The van der Waals surface area contributed by atoms with Crippen molar-refractivity contribution in [3.8, 4) is 0 Å². The number of halogens is 3. The fourth-order valence-corrected chi connectivity index (χ4v) is 2.20. The first kappa shape index (κ1) is 12.3. The van der Waals surface area contributed by atoms with Gasteiger partial charge in [0.05, 0.1) is 0 Å². The third-order valence-corrected chi connectivity index (χ3v) is 3.57. The van der Waals surface area contributed by atoms with E-state index >= 15 is 0 Å². The summed E-state index contributed by atoms with van der Waals surface area (Å²) in [6.07, 6.45) is 3.70. The van der Waals surface area contributed by atoms with Gasteiger partial charge in [-0.1, -0.05) is 6.58 Å². The summed E-state index contributed by atoms with van der Waals surface area (Å²) in [4.78, 5) is 1.82. The molecule has 1 aliphatic rings. The fourth-order valence-electron chi connectivity index (χ4n) is 1.66. The van der Waals surface area contributed by atoms with Gasteiger partial charge in [0.1, 0.15) is 11.6 Å². The minimum absolute atomic E-state index is 0.506. The molecule has 0 atom stereocenters. The zero-order chi connectivity index (χ0) is 12.6. The minimum atomic E-state index is -0.579. The predicted octanol–water partition coefficient (Wildman–Crippen LogP) is 4.08. The van der Waals surface area contributed by atoms with Crippen LogP contribution in [0.2, 0.25) is 0 Å².